The second kappa shape index (κ2) is 8.72. The van der Waals surface area contributed by atoms with Crippen LogP contribution < -0.4 is 16.0 Å². The van der Waals surface area contributed by atoms with Gasteiger partial charge in [-0.3, -0.25) is 13.9 Å². The minimum atomic E-state index is -3.81. The van der Waals surface area contributed by atoms with Crippen LogP contribution in [0.15, 0.2) is 43.3 Å². The van der Waals surface area contributed by atoms with Gasteiger partial charge in [0.15, 0.2) is 5.76 Å². The number of rotatable bonds is 7. The van der Waals surface area contributed by atoms with E-state index in [0.29, 0.717) is 23.5 Å². The van der Waals surface area contributed by atoms with Gasteiger partial charge in [-0.05, 0) is 71.3 Å². The maximum absolute atomic E-state index is 13.6. The molecule has 1 atom stereocenters. The standard InChI is InChI=1S/C24H31N5O5S/c1-16-12-18(34-25-16)15-29-22(30)20-13-19(35(32,33)26-24(2)9-10-24)7-8-21(20)28(23(29)31)14-17-6-4-5-11-27(17)3/h7-8,12-13,17,26H,4-6,9-11,14-15H2,1-3H3. The van der Waals surface area contributed by atoms with E-state index in [-0.39, 0.29) is 22.9 Å². The van der Waals surface area contributed by atoms with Crippen molar-refractivity contribution in [2.24, 2.45) is 0 Å². The van der Waals surface area contributed by atoms with Crippen LogP contribution in [-0.2, 0) is 23.1 Å². The normalized spacial score (nSPS) is 20.4. The number of likely N-dealkylation sites (N-methyl/N-ethyl adjacent to an activating group) is 1. The zero-order valence-corrected chi connectivity index (χ0v) is 21.1. The third-order valence-electron chi connectivity index (χ3n) is 7.19. The van der Waals surface area contributed by atoms with Crippen molar-refractivity contribution < 1.29 is 12.9 Å². The van der Waals surface area contributed by atoms with Crippen molar-refractivity contribution in [2.75, 3.05) is 13.6 Å². The second-order valence-electron chi connectivity index (χ2n) is 10.2. The summed E-state index contributed by atoms with van der Waals surface area (Å²) >= 11 is 0. The predicted octanol–water partition coefficient (Wildman–Crippen LogP) is 1.82. The molecular formula is C24H31N5O5S. The van der Waals surface area contributed by atoms with Gasteiger partial charge in [-0.2, -0.15) is 0 Å². The highest BCUT2D eigenvalue weighted by Gasteiger charge is 2.41. The van der Waals surface area contributed by atoms with Crippen LogP contribution in [0.4, 0.5) is 0 Å². The molecule has 1 saturated carbocycles. The molecule has 1 saturated heterocycles. The van der Waals surface area contributed by atoms with Gasteiger partial charge in [0.2, 0.25) is 10.0 Å². The molecule has 0 amide bonds. The van der Waals surface area contributed by atoms with Gasteiger partial charge >= 0.3 is 5.69 Å². The molecule has 1 aliphatic carbocycles. The first-order valence-corrected chi connectivity index (χ1v) is 13.5. The molecule has 1 N–H and O–H groups in total. The lowest BCUT2D eigenvalue weighted by molar-refractivity contribution is 0.166. The molecule has 2 aliphatic rings. The van der Waals surface area contributed by atoms with Crippen molar-refractivity contribution in [3.05, 3.63) is 56.6 Å². The number of nitrogens with zero attached hydrogens (tertiary/aromatic N) is 4. The van der Waals surface area contributed by atoms with Crippen LogP contribution in [0.1, 0.15) is 50.5 Å². The topological polar surface area (TPSA) is 119 Å². The maximum atomic E-state index is 13.6. The molecule has 3 aromatic rings. The molecule has 0 radical (unpaired) electrons. The molecule has 2 fully saturated rings. The van der Waals surface area contributed by atoms with E-state index in [1.165, 1.54) is 12.1 Å². The van der Waals surface area contributed by atoms with Gasteiger partial charge in [0.05, 0.1) is 28.0 Å². The van der Waals surface area contributed by atoms with Gasteiger partial charge in [-0.25, -0.2) is 17.9 Å². The smallest absolute Gasteiger partial charge is 0.331 e. The van der Waals surface area contributed by atoms with Crippen LogP contribution in [0, 0.1) is 6.92 Å². The fourth-order valence-corrected chi connectivity index (χ4v) is 6.28. The Balaban J connectivity index is 1.65. The van der Waals surface area contributed by atoms with Crippen LogP contribution in [0.2, 0.25) is 0 Å². The van der Waals surface area contributed by atoms with Crippen LogP contribution in [0.25, 0.3) is 10.9 Å². The van der Waals surface area contributed by atoms with E-state index in [0.717, 1.165) is 43.2 Å². The third kappa shape index (κ3) is 4.72. The molecule has 188 valence electrons. The molecule has 1 unspecified atom stereocenters. The van der Waals surface area contributed by atoms with E-state index in [1.807, 2.05) is 14.0 Å². The Morgan fingerprint density at radius 2 is 1.94 bits per heavy atom. The van der Waals surface area contributed by atoms with Crippen molar-refractivity contribution in [2.45, 2.75) is 75.5 Å². The summed E-state index contributed by atoms with van der Waals surface area (Å²) in [5.41, 5.74) is -0.369. The summed E-state index contributed by atoms with van der Waals surface area (Å²) in [6.07, 6.45) is 4.68. The monoisotopic (exact) mass is 501 g/mol. The van der Waals surface area contributed by atoms with Crippen molar-refractivity contribution >= 4 is 20.9 Å². The summed E-state index contributed by atoms with van der Waals surface area (Å²) in [5.74, 6) is 0.384. The highest BCUT2D eigenvalue weighted by atomic mass is 32.2. The Labute approximate surface area is 203 Å². The number of aryl methyl sites for hydroxylation is 1. The largest absolute Gasteiger partial charge is 0.359 e. The van der Waals surface area contributed by atoms with Crippen LogP contribution in [-0.4, -0.2) is 52.8 Å². The van der Waals surface area contributed by atoms with E-state index in [4.69, 9.17) is 4.52 Å². The van der Waals surface area contributed by atoms with E-state index < -0.39 is 26.8 Å². The Morgan fingerprint density at radius 3 is 2.60 bits per heavy atom. The Hall–Kier alpha value is -2.76. The molecule has 5 rings (SSSR count). The molecule has 1 aliphatic heterocycles. The molecule has 35 heavy (non-hydrogen) atoms. The lowest BCUT2D eigenvalue weighted by atomic mass is 10.0. The van der Waals surface area contributed by atoms with E-state index in [9.17, 15) is 18.0 Å². The second-order valence-corrected chi connectivity index (χ2v) is 11.9. The fourth-order valence-electron chi connectivity index (χ4n) is 4.79. The number of fused-ring (bicyclic) bond motifs is 1. The van der Waals surface area contributed by atoms with Gasteiger partial charge in [0, 0.05) is 24.2 Å². The van der Waals surface area contributed by atoms with Gasteiger partial charge < -0.3 is 9.42 Å². The number of sulfonamides is 1. The van der Waals surface area contributed by atoms with Gasteiger partial charge in [0.1, 0.15) is 0 Å². The molecule has 3 heterocycles. The summed E-state index contributed by atoms with van der Waals surface area (Å²) in [7, 11) is -1.77. The molecule has 2 aromatic heterocycles. The minimum absolute atomic E-state index is 0.0114. The van der Waals surface area contributed by atoms with Crippen LogP contribution in [0.3, 0.4) is 0 Å². The number of hydrogen-bond acceptors (Lipinski definition) is 7. The average Bonchev–Trinajstić information content (AvgIpc) is 3.38. The van der Waals surface area contributed by atoms with Crippen molar-refractivity contribution in [1.82, 2.24) is 23.9 Å². The van der Waals surface area contributed by atoms with Gasteiger partial charge in [0.25, 0.3) is 5.56 Å². The van der Waals surface area contributed by atoms with Crippen LogP contribution >= 0.6 is 0 Å². The Bertz CT molecular complexity index is 1500. The average molecular weight is 502 g/mol. The number of piperidine rings is 1. The zero-order valence-electron chi connectivity index (χ0n) is 20.3. The molecule has 1 aromatic carbocycles. The maximum Gasteiger partial charge on any atom is 0.331 e. The summed E-state index contributed by atoms with van der Waals surface area (Å²) in [6, 6.07) is 6.25. The quantitative estimate of drug-likeness (QED) is 0.524. The summed E-state index contributed by atoms with van der Waals surface area (Å²) in [4.78, 5) is 29.3. The first kappa shape index (κ1) is 24.0. The van der Waals surface area contributed by atoms with E-state index in [2.05, 4.69) is 14.8 Å². The highest BCUT2D eigenvalue weighted by molar-refractivity contribution is 7.89. The number of likely N-dealkylation sites (tertiary alicyclic amines) is 1. The molecule has 10 nitrogen and oxygen atoms in total. The van der Waals surface area contributed by atoms with Gasteiger partial charge in [-0.1, -0.05) is 11.6 Å². The zero-order chi connectivity index (χ0) is 25.0. The summed E-state index contributed by atoms with van der Waals surface area (Å²) in [5, 5.41) is 4.04. The summed E-state index contributed by atoms with van der Waals surface area (Å²) in [6.45, 7) is 4.89. The van der Waals surface area contributed by atoms with Gasteiger partial charge in [-0.15, -0.1) is 0 Å². The molecule has 0 bridgehead atoms. The third-order valence-corrected chi connectivity index (χ3v) is 8.83. The highest BCUT2D eigenvalue weighted by Crippen LogP contribution is 2.36. The van der Waals surface area contributed by atoms with E-state index >= 15 is 0 Å². The van der Waals surface area contributed by atoms with Crippen molar-refractivity contribution in [3.8, 4) is 0 Å². The first-order valence-electron chi connectivity index (χ1n) is 12.0. The summed E-state index contributed by atoms with van der Waals surface area (Å²) < 4.78 is 36.7. The molecule has 11 heteroatoms. The SMILES string of the molecule is Cc1cc(Cn2c(=O)c3cc(S(=O)(=O)NC4(C)CC4)ccc3n(CC3CCCCN3C)c2=O)on1. The Kier molecular flexibility index (Phi) is 5.97. The van der Waals surface area contributed by atoms with E-state index in [1.54, 1.807) is 23.6 Å². The first-order chi connectivity index (χ1) is 16.6. The molecular weight excluding hydrogens is 470 g/mol. The fraction of sp³-hybridized carbons (Fsp3) is 0.542. The van der Waals surface area contributed by atoms with Crippen molar-refractivity contribution in [3.63, 3.8) is 0 Å². The predicted molar refractivity (Wildman–Crippen MR) is 131 cm³/mol. The number of hydrogen-bond donors (Lipinski definition) is 1. The van der Waals surface area contributed by atoms with Crippen LogP contribution in [0.5, 0.6) is 0 Å². The number of benzene rings is 1. The lowest BCUT2D eigenvalue weighted by Crippen LogP contribution is -2.45. The van der Waals surface area contributed by atoms with Crippen molar-refractivity contribution in [1.29, 1.82) is 0 Å². The molecule has 0 spiro atoms. The number of nitrogens with one attached hydrogen (secondary N) is 1. The lowest BCUT2D eigenvalue weighted by Gasteiger charge is -2.33. The minimum Gasteiger partial charge on any atom is -0.359 e. The number of aromatic nitrogens is 3. The Morgan fingerprint density at radius 1 is 1.17 bits per heavy atom.